The molecular weight excluding hydrogens is 714 g/mol. The molecule has 8 bridgehead atoms. The fourth-order valence-electron chi connectivity index (χ4n) is 6.02. The number of rotatable bonds is 12. The van der Waals surface area contributed by atoms with Gasteiger partial charge in [-0.2, -0.15) is 0 Å². The summed E-state index contributed by atoms with van der Waals surface area (Å²) >= 11 is 3.55. The number of fused-ring (bicyclic) bond motifs is 8. The van der Waals surface area contributed by atoms with Gasteiger partial charge in [-0.05, 0) is 97.2 Å². The van der Waals surface area contributed by atoms with E-state index in [0.29, 0.717) is 12.8 Å². The summed E-state index contributed by atoms with van der Waals surface area (Å²) in [5, 5.41) is 0. The van der Waals surface area contributed by atoms with Gasteiger partial charge in [0.25, 0.3) is 0 Å². The van der Waals surface area contributed by atoms with Gasteiger partial charge in [0.1, 0.15) is 0 Å². The first-order valence-corrected chi connectivity index (χ1v) is 19.7. The summed E-state index contributed by atoms with van der Waals surface area (Å²) in [6, 6.07) is 20.3. The molecule has 13 heteroatoms. The second-order valence-electron chi connectivity index (χ2n) is 11.4. The molecule has 0 atom stereocenters. The second kappa shape index (κ2) is 14.6. The lowest BCUT2D eigenvalue weighted by molar-refractivity contribution is 0.272. The summed E-state index contributed by atoms with van der Waals surface area (Å²) in [6.45, 7) is 0. The van der Waals surface area contributed by atoms with Crippen LogP contribution in [0, 0.1) is 0 Å². The number of aromatic nitrogens is 4. The van der Waals surface area contributed by atoms with Gasteiger partial charge in [0, 0.05) is 66.1 Å². The van der Waals surface area contributed by atoms with Crippen molar-refractivity contribution in [3.8, 4) is 11.1 Å². The van der Waals surface area contributed by atoms with Gasteiger partial charge in [-0.15, -0.1) is 0 Å². The standard InChI is InChI=1S/C35H37BrN4O6P2/c1-43-47(41,44-2)19-17-24(18-20-48(42,45-3)46-4)35-32-15-11-28(39-32)21-26-9-13-30(37-26)34(23-5-7-25(36)8-6-23)31-14-10-27(38-31)22-29-12-16-33(35)40-29/h5-16,21-22,24,37,40H,17-20H2,1-4H3. The number of nitrogens with zero attached hydrogens (tertiary/aromatic N) is 2. The van der Waals surface area contributed by atoms with Gasteiger partial charge < -0.3 is 28.1 Å². The normalized spacial score (nSPS) is 13.1. The molecule has 0 amide bonds. The lowest BCUT2D eigenvalue weighted by Gasteiger charge is -2.22. The highest BCUT2D eigenvalue weighted by Crippen LogP contribution is 2.52. The predicted octanol–water partition coefficient (Wildman–Crippen LogP) is 9.92. The second-order valence-corrected chi connectivity index (χ2v) is 17.1. The van der Waals surface area contributed by atoms with E-state index in [0.717, 1.165) is 66.0 Å². The number of nitrogens with one attached hydrogen (secondary N) is 2. The minimum atomic E-state index is -3.34. The summed E-state index contributed by atoms with van der Waals surface area (Å²) in [7, 11) is -1.15. The van der Waals surface area contributed by atoms with Crippen LogP contribution in [0.1, 0.15) is 47.1 Å². The molecule has 0 fully saturated rings. The number of hydrogen-bond donors (Lipinski definition) is 2. The van der Waals surface area contributed by atoms with E-state index in [1.165, 1.54) is 28.4 Å². The third-order valence-electron chi connectivity index (χ3n) is 8.60. The van der Waals surface area contributed by atoms with Crippen LogP contribution >= 0.6 is 31.1 Å². The number of hydrogen-bond acceptors (Lipinski definition) is 8. The molecule has 0 aliphatic carbocycles. The highest BCUT2D eigenvalue weighted by molar-refractivity contribution is 9.10. The molecule has 3 aromatic heterocycles. The van der Waals surface area contributed by atoms with Crippen molar-refractivity contribution >= 4 is 77.5 Å². The summed E-state index contributed by atoms with van der Waals surface area (Å²) < 4.78 is 48.4. The van der Waals surface area contributed by atoms with E-state index in [4.69, 9.17) is 28.1 Å². The van der Waals surface area contributed by atoms with Crippen molar-refractivity contribution in [2.75, 3.05) is 40.8 Å². The molecule has 0 saturated heterocycles. The highest BCUT2D eigenvalue weighted by Gasteiger charge is 2.29. The number of H-pyrrole nitrogens is 2. The molecule has 0 radical (unpaired) electrons. The zero-order chi connectivity index (χ0) is 33.9. The van der Waals surface area contributed by atoms with Crippen molar-refractivity contribution in [1.82, 2.24) is 19.9 Å². The van der Waals surface area contributed by atoms with E-state index in [2.05, 4.69) is 44.1 Å². The fraction of sp³-hybridized carbons (Fsp3) is 0.257. The minimum Gasteiger partial charge on any atom is -0.355 e. The maximum atomic E-state index is 13.2. The van der Waals surface area contributed by atoms with Crippen molar-refractivity contribution < 1.29 is 27.2 Å². The first-order chi connectivity index (χ1) is 23.1. The number of aromatic amines is 2. The van der Waals surface area contributed by atoms with Crippen molar-refractivity contribution in [1.29, 1.82) is 0 Å². The first kappa shape index (κ1) is 34.5. The van der Waals surface area contributed by atoms with Gasteiger partial charge >= 0.3 is 15.2 Å². The van der Waals surface area contributed by atoms with Crippen molar-refractivity contribution in [3.05, 3.63) is 93.5 Å². The first-order valence-electron chi connectivity index (χ1n) is 15.4. The Kier molecular flexibility index (Phi) is 10.5. The van der Waals surface area contributed by atoms with Crippen LogP contribution in [0.2, 0.25) is 0 Å². The van der Waals surface area contributed by atoms with Crippen LogP contribution in [0.15, 0.2) is 65.1 Å². The van der Waals surface area contributed by atoms with Crippen LogP contribution in [0.3, 0.4) is 0 Å². The van der Waals surface area contributed by atoms with Gasteiger partial charge in [0.2, 0.25) is 0 Å². The lowest BCUT2D eigenvalue weighted by atomic mass is 9.92. The summed E-state index contributed by atoms with van der Waals surface area (Å²) in [5.41, 5.74) is 9.55. The van der Waals surface area contributed by atoms with E-state index >= 15 is 0 Å². The predicted molar refractivity (Wildman–Crippen MR) is 197 cm³/mol. The Morgan fingerprint density at radius 1 is 0.667 bits per heavy atom. The molecule has 5 heterocycles. The van der Waals surface area contributed by atoms with Crippen molar-refractivity contribution in [2.24, 2.45) is 0 Å². The van der Waals surface area contributed by atoms with Crippen molar-refractivity contribution in [2.45, 2.75) is 18.8 Å². The van der Waals surface area contributed by atoms with E-state index in [1.807, 2.05) is 66.8 Å². The molecule has 48 heavy (non-hydrogen) atoms. The van der Waals surface area contributed by atoms with E-state index in [9.17, 15) is 9.13 Å². The molecule has 6 rings (SSSR count). The minimum absolute atomic E-state index is 0.153. The summed E-state index contributed by atoms with van der Waals surface area (Å²) in [6.07, 6.45) is 9.10. The third kappa shape index (κ3) is 7.58. The van der Waals surface area contributed by atoms with Gasteiger partial charge in [-0.3, -0.25) is 9.13 Å². The molecule has 250 valence electrons. The van der Waals surface area contributed by atoms with Gasteiger partial charge in [-0.25, -0.2) is 9.97 Å². The molecule has 0 unspecified atom stereocenters. The Balaban J connectivity index is 1.57. The Morgan fingerprint density at radius 2 is 1.17 bits per heavy atom. The van der Waals surface area contributed by atoms with Crippen LogP contribution in [0.4, 0.5) is 0 Å². The third-order valence-corrected chi connectivity index (χ3v) is 13.0. The van der Waals surface area contributed by atoms with Crippen LogP contribution in [-0.2, 0) is 27.2 Å². The van der Waals surface area contributed by atoms with Gasteiger partial charge in [0.05, 0.1) is 35.1 Å². The molecule has 1 aromatic carbocycles. The zero-order valence-corrected chi connectivity index (χ0v) is 30.5. The van der Waals surface area contributed by atoms with Crippen LogP contribution in [0.5, 0.6) is 0 Å². The largest absolute Gasteiger partial charge is 0.355 e. The Bertz CT molecular complexity index is 2090. The molecule has 4 aromatic rings. The highest BCUT2D eigenvalue weighted by atomic mass is 79.9. The van der Waals surface area contributed by atoms with Crippen molar-refractivity contribution in [3.63, 3.8) is 0 Å². The molecule has 2 aliphatic rings. The van der Waals surface area contributed by atoms with E-state index in [1.54, 1.807) is 0 Å². The Hall–Kier alpha value is -3.40. The van der Waals surface area contributed by atoms with Crippen LogP contribution < -0.4 is 0 Å². The van der Waals surface area contributed by atoms with E-state index < -0.39 is 15.2 Å². The Morgan fingerprint density at radius 3 is 1.73 bits per heavy atom. The monoisotopic (exact) mass is 750 g/mol. The smallest absolute Gasteiger partial charge is 0.330 e. The van der Waals surface area contributed by atoms with Crippen LogP contribution in [0.25, 0.3) is 57.5 Å². The molecule has 2 N–H and O–H groups in total. The van der Waals surface area contributed by atoms with E-state index in [-0.39, 0.29) is 18.2 Å². The number of benzene rings is 1. The maximum absolute atomic E-state index is 13.2. The van der Waals surface area contributed by atoms with Gasteiger partial charge in [-0.1, -0.05) is 28.1 Å². The topological polar surface area (TPSA) is 128 Å². The zero-order valence-electron chi connectivity index (χ0n) is 27.1. The Labute approximate surface area is 287 Å². The quantitative estimate of drug-likeness (QED) is 0.118. The lowest BCUT2D eigenvalue weighted by Crippen LogP contribution is -2.09. The van der Waals surface area contributed by atoms with Gasteiger partial charge in [0.15, 0.2) is 0 Å². The summed E-state index contributed by atoms with van der Waals surface area (Å²) in [5.74, 6) is -0.265. The SMILES string of the molecule is COP(=O)(CCC(CCP(=O)(OC)OC)c1c2nc(cc3ccc([nH]3)c(-c3ccc(Br)cc3)c3nc(cc4ccc1[nH]4)C=C3)C=C2)OC. The average Bonchev–Trinajstić information content (AvgIpc) is 3.93. The maximum Gasteiger partial charge on any atom is 0.330 e. The molecule has 0 saturated carbocycles. The molecule has 0 spiro atoms. The summed E-state index contributed by atoms with van der Waals surface area (Å²) in [4.78, 5) is 17.2. The molecular formula is C35H37BrN4O6P2. The molecule has 10 nitrogen and oxygen atoms in total. The van der Waals surface area contributed by atoms with Crippen LogP contribution in [-0.4, -0.2) is 60.7 Å². The molecule has 2 aliphatic heterocycles. The average molecular weight is 752 g/mol. The fourth-order valence-corrected chi connectivity index (χ4v) is 8.57. The number of halogens is 1.